The van der Waals surface area contributed by atoms with Gasteiger partial charge in [0.2, 0.25) is 10.0 Å². The molecule has 0 aromatic heterocycles. The molecule has 108 valence electrons. The van der Waals surface area contributed by atoms with E-state index in [0.717, 1.165) is 11.1 Å². The molecule has 0 unspecified atom stereocenters. The molecule has 0 aliphatic heterocycles. The van der Waals surface area contributed by atoms with E-state index in [1.54, 1.807) is 18.2 Å². The minimum absolute atomic E-state index is 0.259. The smallest absolute Gasteiger partial charge is 0.240 e. The molecule has 0 heterocycles. The maximum absolute atomic E-state index is 12.1. The number of sulfonamides is 1. The highest BCUT2D eigenvalue weighted by molar-refractivity contribution is 7.89. The Balaban J connectivity index is 2.67. The lowest BCUT2D eigenvalue weighted by atomic mass is 10.1. The van der Waals surface area contributed by atoms with E-state index in [9.17, 15) is 8.42 Å². The highest BCUT2D eigenvalue weighted by Crippen LogP contribution is 2.15. The third-order valence-electron chi connectivity index (χ3n) is 2.81. The van der Waals surface area contributed by atoms with Crippen molar-refractivity contribution >= 4 is 10.0 Å². The molecule has 1 aromatic carbocycles. The molecule has 1 rings (SSSR count). The molecule has 0 fully saturated rings. The molecule has 19 heavy (non-hydrogen) atoms. The second-order valence-corrected chi connectivity index (χ2v) is 6.01. The van der Waals surface area contributed by atoms with Gasteiger partial charge >= 0.3 is 0 Å². The van der Waals surface area contributed by atoms with Crippen LogP contribution in [0.15, 0.2) is 23.1 Å². The van der Waals surface area contributed by atoms with Crippen LogP contribution in [-0.4, -0.2) is 28.2 Å². The van der Waals surface area contributed by atoms with Gasteiger partial charge in [0.25, 0.3) is 0 Å². The van der Waals surface area contributed by atoms with Crippen molar-refractivity contribution in [3.63, 3.8) is 0 Å². The summed E-state index contributed by atoms with van der Waals surface area (Å²) in [6.45, 7) is 5.72. The van der Waals surface area contributed by atoms with Crippen LogP contribution in [0.4, 0.5) is 0 Å². The third kappa shape index (κ3) is 4.91. The lowest BCUT2D eigenvalue weighted by Gasteiger charge is -2.09. The molecule has 0 atom stereocenters. The number of rotatable bonds is 8. The van der Waals surface area contributed by atoms with Crippen molar-refractivity contribution in [2.45, 2.75) is 31.7 Å². The summed E-state index contributed by atoms with van der Waals surface area (Å²) >= 11 is 0. The van der Waals surface area contributed by atoms with Crippen LogP contribution in [0.2, 0.25) is 0 Å². The van der Waals surface area contributed by atoms with Crippen molar-refractivity contribution in [2.75, 3.05) is 19.8 Å². The van der Waals surface area contributed by atoms with Gasteiger partial charge in [-0.25, -0.2) is 13.1 Å². The topological polar surface area (TPSA) is 81.4 Å². The average molecular weight is 286 g/mol. The second-order valence-electron chi connectivity index (χ2n) is 4.24. The van der Waals surface area contributed by atoms with Crippen LogP contribution in [0.3, 0.4) is 0 Å². The van der Waals surface area contributed by atoms with E-state index in [1.165, 1.54) is 0 Å². The van der Waals surface area contributed by atoms with Gasteiger partial charge in [0, 0.05) is 26.3 Å². The zero-order chi connectivity index (χ0) is 14.3. The normalized spacial score (nSPS) is 11.7. The van der Waals surface area contributed by atoms with Gasteiger partial charge in [-0.2, -0.15) is 0 Å². The molecule has 3 N–H and O–H groups in total. The first-order valence-electron chi connectivity index (χ1n) is 6.38. The molecular weight excluding hydrogens is 264 g/mol. The van der Waals surface area contributed by atoms with Crippen molar-refractivity contribution in [2.24, 2.45) is 5.73 Å². The zero-order valence-corrected chi connectivity index (χ0v) is 12.3. The number of aryl methyl sites for hydroxylation is 1. The van der Waals surface area contributed by atoms with Crippen molar-refractivity contribution in [1.82, 2.24) is 4.72 Å². The molecule has 0 aliphatic carbocycles. The van der Waals surface area contributed by atoms with Crippen LogP contribution in [0, 0.1) is 6.92 Å². The second kappa shape index (κ2) is 7.59. The summed E-state index contributed by atoms with van der Waals surface area (Å²) in [5.74, 6) is 0. The Morgan fingerprint density at radius 2 is 2.11 bits per heavy atom. The summed E-state index contributed by atoms with van der Waals surface area (Å²) in [7, 11) is -3.46. The molecule has 0 saturated heterocycles. The van der Waals surface area contributed by atoms with Gasteiger partial charge in [0.15, 0.2) is 0 Å². The molecule has 0 radical (unpaired) electrons. The predicted molar refractivity (Wildman–Crippen MR) is 75.4 cm³/mol. The quantitative estimate of drug-likeness (QED) is 0.703. The third-order valence-corrected chi connectivity index (χ3v) is 4.27. The van der Waals surface area contributed by atoms with E-state index in [1.807, 2.05) is 13.8 Å². The van der Waals surface area contributed by atoms with Crippen molar-refractivity contribution < 1.29 is 13.2 Å². The Morgan fingerprint density at radius 1 is 1.37 bits per heavy atom. The van der Waals surface area contributed by atoms with Gasteiger partial charge in [-0.1, -0.05) is 6.07 Å². The molecule has 0 spiro atoms. The fourth-order valence-corrected chi connectivity index (χ4v) is 2.77. The van der Waals surface area contributed by atoms with E-state index in [-0.39, 0.29) is 4.90 Å². The van der Waals surface area contributed by atoms with E-state index in [4.69, 9.17) is 10.5 Å². The Hall–Kier alpha value is -0.950. The predicted octanol–water partition coefficient (Wildman–Crippen LogP) is 1.16. The number of ether oxygens (including phenoxy) is 1. The summed E-state index contributed by atoms with van der Waals surface area (Å²) in [4.78, 5) is 0.259. The maximum atomic E-state index is 12.1. The van der Waals surface area contributed by atoms with Gasteiger partial charge in [-0.15, -0.1) is 0 Å². The first-order valence-corrected chi connectivity index (χ1v) is 7.86. The fraction of sp³-hybridized carbons (Fsp3) is 0.538. The van der Waals surface area contributed by atoms with Crippen LogP contribution < -0.4 is 10.5 Å². The van der Waals surface area contributed by atoms with Crippen molar-refractivity contribution in [1.29, 1.82) is 0 Å². The molecule has 1 aromatic rings. The number of nitrogens with two attached hydrogens (primary N) is 1. The maximum Gasteiger partial charge on any atom is 0.240 e. The van der Waals surface area contributed by atoms with Gasteiger partial charge in [-0.3, -0.25) is 0 Å². The number of hydrogen-bond acceptors (Lipinski definition) is 4. The zero-order valence-electron chi connectivity index (χ0n) is 11.5. The van der Waals surface area contributed by atoms with Crippen LogP contribution in [-0.2, 0) is 21.3 Å². The van der Waals surface area contributed by atoms with E-state index in [0.29, 0.717) is 32.7 Å². The molecule has 0 saturated carbocycles. The van der Waals surface area contributed by atoms with Crippen molar-refractivity contribution in [3.05, 3.63) is 29.3 Å². The lowest BCUT2D eigenvalue weighted by molar-refractivity contribution is 0.146. The lowest BCUT2D eigenvalue weighted by Crippen LogP contribution is -2.25. The highest BCUT2D eigenvalue weighted by Gasteiger charge is 2.14. The SMILES string of the molecule is CCOCCCNS(=O)(=O)c1ccc(C)c(CN)c1. The Labute approximate surface area is 115 Å². The van der Waals surface area contributed by atoms with Gasteiger partial charge in [0.05, 0.1) is 4.90 Å². The van der Waals surface area contributed by atoms with Crippen molar-refractivity contribution in [3.8, 4) is 0 Å². The van der Waals surface area contributed by atoms with Gasteiger partial charge < -0.3 is 10.5 Å². The average Bonchev–Trinajstić information content (AvgIpc) is 2.38. The fourth-order valence-electron chi connectivity index (χ4n) is 1.64. The molecule has 0 bridgehead atoms. The first kappa shape index (κ1) is 16.1. The van der Waals surface area contributed by atoms with Crippen LogP contribution >= 0.6 is 0 Å². The molecular formula is C13H22N2O3S. The Kier molecular flexibility index (Phi) is 6.44. The number of hydrogen-bond donors (Lipinski definition) is 2. The van der Waals surface area contributed by atoms with E-state index < -0.39 is 10.0 Å². The van der Waals surface area contributed by atoms with Crippen LogP contribution in [0.25, 0.3) is 0 Å². The summed E-state index contributed by atoms with van der Waals surface area (Å²) in [5.41, 5.74) is 7.43. The number of nitrogens with one attached hydrogen (secondary N) is 1. The standard InChI is InChI=1S/C13H22N2O3S/c1-3-18-8-4-7-15-19(16,17)13-6-5-11(2)12(9-13)10-14/h5-6,9,15H,3-4,7-8,10,14H2,1-2H3. The highest BCUT2D eigenvalue weighted by atomic mass is 32.2. The Morgan fingerprint density at radius 3 is 2.74 bits per heavy atom. The minimum Gasteiger partial charge on any atom is -0.382 e. The molecule has 0 amide bonds. The summed E-state index contributed by atoms with van der Waals surface area (Å²) in [5, 5.41) is 0. The van der Waals surface area contributed by atoms with Gasteiger partial charge in [0.1, 0.15) is 0 Å². The van der Waals surface area contributed by atoms with Gasteiger partial charge in [-0.05, 0) is 43.5 Å². The first-order chi connectivity index (χ1) is 9.01. The summed E-state index contributed by atoms with van der Waals surface area (Å²) in [6, 6.07) is 5.00. The van der Waals surface area contributed by atoms with E-state index in [2.05, 4.69) is 4.72 Å². The molecule has 0 aliphatic rings. The van der Waals surface area contributed by atoms with Crippen LogP contribution in [0.5, 0.6) is 0 Å². The minimum atomic E-state index is -3.46. The Bertz CT molecular complexity index is 501. The summed E-state index contributed by atoms with van der Waals surface area (Å²) < 4.78 is 31.8. The van der Waals surface area contributed by atoms with Crippen LogP contribution in [0.1, 0.15) is 24.5 Å². The monoisotopic (exact) mass is 286 g/mol. The summed E-state index contributed by atoms with van der Waals surface area (Å²) in [6.07, 6.45) is 0.655. The molecule has 5 nitrogen and oxygen atoms in total. The molecule has 6 heteroatoms. The van der Waals surface area contributed by atoms with E-state index >= 15 is 0 Å². The number of benzene rings is 1. The largest absolute Gasteiger partial charge is 0.382 e.